The Bertz CT molecular complexity index is 1100. The Balaban J connectivity index is 1.94. The number of hydrogen-bond donors (Lipinski definition) is 1. The van der Waals surface area contributed by atoms with E-state index in [0.717, 1.165) is 0 Å². The van der Waals surface area contributed by atoms with Crippen LogP contribution in [0.15, 0.2) is 54.1 Å². The maximum atomic E-state index is 12.7. The first-order valence-corrected chi connectivity index (χ1v) is 9.60. The molecule has 0 saturated heterocycles. The fraction of sp³-hybridized carbons (Fsp3) is 0.125. The molecule has 0 aliphatic heterocycles. The van der Waals surface area contributed by atoms with Gasteiger partial charge in [0.25, 0.3) is 15.9 Å². The number of carbonyl (C=O) groups is 1. The van der Waals surface area contributed by atoms with Gasteiger partial charge in [-0.05, 0) is 30.3 Å². The van der Waals surface area contributed by atoms with Crippen molar-refractivity contribution in [2.24, 2.45) is 0 Å². The topological polar surface area (TPSA) is 119 Å². The van der Waals surface area contributed by atoms with E-state index in [1.165, 1.54) is 49.7 Å². The summed E-state index contributed by atoms with van der Waals surface area (Å²) in [6.07, 6.45) is 4.31. The molecule has 3 rings (SSSR count). The lowest BCUT2D eigenvalue weighted by Gasteiger charge is -2.16. The van der Waals surface area contributed by atoms with Crippen LogP contribution in [0.4, 0.5) is 5.69 Å². The van der Waals surface area contributed by atoms with Gasteiger partial charge in [-0.1, -0.05) is 16.1 Å². The van der Waals surface area contributed by atoms with Crippen LogP contribution in [-0.2, 0) is 14.9 Å². The second-order valence-corrected chi connectivity index (χ2v) is 7.72. The molecule has 0 spiro atoms. The second kappa shape index (κ2) is 8.02. The molecule has 0 bridgehead atoms. The summed E-state index contributed by atoms with van der Waals surface area (Å²) in [7, 11) is -1.60. The number of benzene rings is 1. The van der Waals surface area contributed by atoms with Crippen molar-refractivity contribution in [3.63, 3.8) is 0 Å². The molecule has 1 amide bonds. The van der Waals surface area contributed by atoms with Gasteiger partial charge in [0, 0.05) is 18.8 Å². The summed E-state index contributed by atoms with van der Waals surface area (Å²) in [5.74, 6) is -0.197. The summed E-state index contributed by atoms with van der Waals surface area (Å²) in [6, 6.07) is 7.19. The highest BCUT2D eigenvalue weighted by atomic mass is 35.5. The second-order valence-electron chi connectivity index (χ2n) is 5.41. The zero-order valence-corrected chi connectivity index (χ0v) is 16.3. The molecule has 1 aromatic carbocycles. The average Bonchev–Trinajstić information content (AvgIpc) is 3.22. The van der Waals surface area contributed by atoms with Crippen LogP contribution in [0, 0.1) is 0 Å². The summed E-state index contributed by atoms with van der Waals surface area (Å²) < 4.78 is 27.0. The van der Waals surface area contributed by atoms with Gasteiger partial charge in [0.05, 0.1) is 17.8 Å². The van der Waals surface area contributed by atoms with Crippen molar-refractivity contribution in [3.8, 4) is 5.82 Å². The normalized spacial score (nSPS) is 11.6. The molecule has 3 aromatic rings. The number of amides is 1. The molecule has 0 radical (unpaired) electrons. The number of hydroxylamine groups is 1. The van der Waals surface area contributed by atoms with Gasteiger partial charge in [0.1, 0.15) is 17.6 Å². The number of hydrogen-bond acceptors (Lipinski definition) is 7. The lowest BCUT2D eigenvalue weighted by atomic mass is 10.2. The van der Waals surface area contributed by atoms with E-state index < -0.39 is 15.9 Å². The molecule has 28 heavy (non-hydrogen) atoms. The minimum Gasteiger partial charge on any atom is -0.319 e. The number of rotatable bonds is 6. The average molecular weight is 423 g/mol. The number of halogens is 1. The summed E-state index contributed by atoms with van der Waals surface area (Å²) in [5, 5.41) is 6.64. The van der Waals surface area contributed by atoms with Crippen molar-refractivity contribution in [1.29, 1.82) is 0 Å². The van der Waals surface area contributed by atoms with E-state index in [9.17, 15) is 13.2 Å². The van der Waals surface area contributed by atoms with Crippen LogP contribution < -0.4 is 5.32 Å². The van der Waals surface area contributed by atoms with Crippen LogP contribution in [0.25, 0.3) is 5.82 Å². The molecule has 1 N–H and O–H groups in total. The minimum absolute atomic E-state index is 0.0369. The molecule has 10 nitrogen and oxygen atoms in total. The molecule has 0 fully saturated rings. The smallest absolute Gasteiger partial charge is 0.266 e. The van der Waals surface area contributed by atoms with Gasteiger partial charge in [0.15, 0.2) is 5.82 Å². The van der Waals surface area contributed by atoms with Crippen molar-refractivity contribution < 1.29 is 18.0 Å². The number of anilines is 1. The molecule has 12 heteroatoms. The Morgan fingerprint density at radius 2 is 2.11 bits per heavy atom. The molecule has 0 atom stereocenters. The number of aromatic nitrogens is 4. The molecule has 2 aromatic heterocycles. The standard InChI is InChI=1S/C16H15ClN6O4S/c1-22(27-2)28(25,26)14-8-11(5-6-12(14)17)16(24)21-13-4-3-7-19-15(13)23-10-18-9-20-23/h3-10H,1-2H3,(H,21,24). The molecule has 0 aliphatic rings. The van der Waals surface area contributed by atoms with Gasteiger partial charge in [0.2, 0.25) is 0 Å². The molecule has 0 aliphatic carbocycles. The quantitative estimate of drug-likeness (QED) is 0.601. The highest BCUT2D eigenvalue weighted by Crippen LogP contribution is 2.26. The summed E-state index contributed by atoms with van der Waals surface area (Å²) >= 11 is 6.02. The number of sulfonamides is 1. The third kappa shape index (κ3) is 3.87. The zero-order chi connectivity index (χ0) is 20.3. The largest absolute Gasteiger partial charge is 0.319 e. The maximum Gasteiger partial charge on any atom is 0.266 e. The third-order valence-corrected chi connectivity index (χ3v) is 5.90. The van der Waals surface area contributed by atoms with Gasteiger partial charge >= 0.3 is 0 Å². The predicted molar refractivity (Wildman–Crippen MR) is 101 cm³/mol. The predicted octanol–water partition coefficient (Wildman–Crippen LogP) is 1.75. The molecule has 0 unspecified atom stereocenters. The van der Waals surface area contributed by atoms with Crippen LogP contribution in [0.2, 0.25) is 5.02 Å². The number of pyridine rings is 1. The van der Waals surface area contributed by atoms with Crippen LogP contribution in [0.1, 0.15) is 10.4 Å². The van der Waals surface area contributed by atoms with Crippen molar-refractivity contribution in [3.05, 3.63) is 59.8 Å². The Labute approximate surface area is 165 Å². The molecule has 146 valence electrons. The van der Waals surface area contributed by atoms with E-state index in [1.807, 2.05) is 0 Å². The third-order valence-electron chi connectivity index (χ3n) is 3.74. The summed E-state index contributed by atoms with van der Waals surface area (Å²) in [5.41, 5.74) is 0.451. The van der Waals surface area contributed by atoms with Gasteiger partial charge < -0.3 is 5.32 Å². The Morgan fingerprint density at radius 1 is 1.32 bits per heavy atom. The lowest BCUT2D eigenvalue weighted by Crippen LogP contribution is -2.26. The van der Waals surface area contributed by atoms with E-state index in [0.29, 0.717) is 16.0 Å². The van der Waals surface area contributed by atoms with E-state index in [2.05, 4.69) is 20.4 Å². The summed E-state index contributed by atoms with van der Waals surface area (Å²) in [4.78, 5) is 25.2. The zero-order valence-electron chi connectivity index (χ0n) is 14.8. The van der Waals surface area contributed by atoms with Crippen molar-refractivity contribution in [2.75, 3.05) is 19.5 Å². The Hall–Kier alpha value is -2.86. The van der Waals surface area contributed by atoms with E-state index in [-0.39, 0.29) is 15.5 Å². The van der Waals surface area contributed by atoms with Crippen LogP contribution in [0.5, 0.6) is 0 Å². The SMILES string of the molecule is CON(C)S(=O)(=O)c1cc(C(=O)Nc2cccnc2-n2cncn2)ccc1Cl. The first-order valence-electron chi connectivity index (χ1n) is 7.78. The van der Waals surface area contributed by atoms with Crippen molar-refractivity contribution in [2.45, 2.75) is 4.90 Å². The van der Waals surface area contributed by atoms with Crippen molar-refractivity contribution >= 4 is 33.2 Å². The van der Waals surface area contributed by atoms with Crippen LogP contribution in [0.3, 0.4) is 0 Å². The molecule has 2 heterocycles. The van der Waals surface area contributed by atoms with Crippen molar-refractivity contribution in [1.82, 2.24) is 24.2 Å². The number of nitrogens with one attached hydrogen (secondary N) is 1. The molecular formula is C16H15ClN6O4S. The van der Waals surface area contributed by atoms with Crippen LogP contribution in [-0.4, -0.2) is 52.7 Å². The number of carbonyl (C=O) groups excluding carboxylic acids is 1. The highest BCUT2D eigenvalue weighted by molar-refractivity contribution is 7.89. The van der Waals surface area contributed by atoms with E-state index in [4.69, 9.17) is 16.4 Å². The lowest BCUT2D eigenvalue weighted by molar-refractivity contribution is -0.0258. The van der Waals surface area contributed by atoms with E-state index in [1.54, 1.807) is 18.3 Å². The molecule has 0 saturated carbocycles. The first kappa shape index (κ1) is 19.9. The maximum absolute atomic E-state index is 12.7. The van der Waals surface area contributed by atoms with Gasteiger partial charge in [-0.2, -0.15) is 5.10 Å². The number of nitrogens with zero attached hydrogens (tertiary/aromatic N) is 5. The minimum atomic E-state index is -4.03. The Kier molecular flexibility index (Phi) is 5.70. The van der Waals surface area contributed by atoms with Crippen LogP contribution >= 0.6 is 11.6 Å². The van der Waals surface area contributed by atoms with Gasteiger partial charge in [-0.25, -0.2) is 23.1 Å². The van der Waals surface area contributed by atoms with E-state index >= 15 is 0 Å². The fourth-order valence-electron chi connectivity index (χ4n) is 2.27. The summed E-state index contributed by atoms with van der Waals surface area (Å²) in [6.45, 7) is 0. The van der Waals surface area contributed by atoms with Gasteiger partial charge in [-0.3, -0.25) is 9.63 Å². The first-order chi connectivity index (χ1) is 13.3. The molecular weight excluding hydrogens is 408 g/mol. The fourth-order valence-corrected chi connectivity index (χ4v) is 3.74. The van der Waals surface area contributed by atoms with Gasteiger partial charge in [-0.15, -0.1) is 0 Å². The highest BCUT2D eigenvalue weighted by Gasteiger charge is 2.25. The monoisotopic (exact) mass is 422 g/mol. The Morgan fingerprint density at radius 3 is 2.79 bits per heavy atom.